The van der Waals surface area contributed by atoms with E-state index in [-0.39, 0.29) is 0 Å². The van der Waals surface area contributed by atoms with Crippen LogP contribution in [0.1, 0.15) is 37.8 Å². The highest BCUT2D eigenvalue weighted by Gasteiger charge is 2.05. The predicted octanol–water partition coefficient (Wildman–Crippen LogP) is 4.33. The van der Waals surface area contributed by atoms with Crippen LogP contribution < -0.4 is 0 Å². The van der Waals surface area contributed by atoms with Gasteiger partial charge in [-0.3, -0.25) is 0 Å². The molecule has 0 unspecified atom stereocenters. The second-order valence-corrected chi connectivity index (χ2v) is 3.80. The minimum absolute atomic E-state index is 0.998. The van der Waals surface area contributed by atoms with Crippen molar-refractivity contribution in [3.05, 3.63) is 29.3 Å². The summed E-state index contributed by atoms with van der Waals surface area (Å²) in [5.74, 6) is 0. The molecule has 0 radical (unpaired) electrons. The Morgan fingerprint density at radius 1 is 1.20 bits per heavy atom. The maximum Gasteiger partial charge on any atom is 0.0774 e. The van der Waals surface area contributed by atoms with Gasteiger partial charge in [0, 0.05) is 0 Å². The first kappa shape index (κ1) is 12.1. The molecule has 15 heavy (non-hydrogen) atoms. The van der Waals surface area contributed by atoms with Crippen LogP contribution in [0.2, 0.25) is 0 Å². The van der Waals surface area contributed by atoms with Gasteiger partial charge in [-0.15, -0.1) is 0 Å². The summed E-state index contributed by atoms with van der Waals surface area (Å²) in [6, 6.07) is 6.26. The summed E-state index contributed by atoms with van der Waals surface area (Å²) in [5, 5.41) is 2.46. The molecular weight excluding hydrogens is 202 g/mol. The van der Waals surface area contributed by atoms with Gasteiger partial charge >= 0.3 is 0 Å². The molecule has 0 aliphatic heterocycles. The number of thiocarbonyl (C=S) groups is 1. The molecule has 0 aromatic heterocycles. The Hall–Kier alpha value is -0.980. The average molecular weight is 219 g/mol. The number of isothiocyanates is 1. The Morgan fingerprint density at radius 2 is 1.93 bits per heavy atom. The SMILES string of the molecule is CCCc1cccc(N=C=S)c1CCC. The van der Waals surface area contributed by atoms with Gasteiger partial charge in [0.25, 0.3) is 0 Å². The quantitative estimate of drug-likeness (QED) is 0.530. The fourth-order valence-electron chi connectivity index (χ4n) is 1.82. The Morgan fingerprint density at radius 3 is 2.53 bits per heavy atom. The predicted molar refractivity (Wildman–Crippen MR) is 69.1 cm³/mol. The summed E-state index contributed by atoms with van der Waals surface area (Å²) < 4.78 is 0. The van der Waals surface area contributed by atoms with Crippen molar-refractivity contribution in [2.24, 2.45) is 4.99 Å². The fourth-order valence-corrected chi connectivity index (χ4v) is 1.92. The third-order valence-electron chi connectivity index (χ3n) is 2.43. The highest BCUT2D eigenvalue weighted by molar-refractivity contribution is 7.78. The number of nitrogens with zero attached hydrogens (tertiary/aromatic N) is 1. The van der Waals surface area contributed by atoms with Gasteiger partial charge in [-0.2, -0.15) is 4.99 Å². The van der Waals surface area contributed by atoms with Gasteiger partial charge in [0.2, 0.25) is 0 Å². The first-order valence-corrected chi connectivity index (χ1v) is 5.92. The number of aryl methyl sites for hydroxylation is 1. The number of rotatable bonds is 5. The zero-order valence-electron chi connectivity index (χ0n) is 9.42. The second kappa shape index (κ2) is 6.49. The van der Waals surface area contributed by atoms with Crippen molar-refractivity contribution in [3.8, 4) is 0 Å². The molecule has 1 aromatic rings. The van der Waals surface area contributed by atoms with E-state index < -0.39 is 0 Å². The lowest BCUT2D eigenvalue weighted by Crippen LogP contribution is -1.94. The molecule has 1 aromatic carbocycles. The smallest absolute Gasteiger partial charge is 0.0774 e. The Balaban J connectivity index is 3.14. The topological polar surface area (TPSA) is 12.4 Å². The van der Waals surface area contributed by atoms with Crippen molar-refractivity contribution in [1.29, 1.82) is 0 Å². The second-order valence-electron chi connectivity index (χ2n) is 3.62. The molecule has 1 rings (SSSR count). The van der Waals surface area contributed by atoms with Crippen LogP contribution in [0.15, 0.2) is 23.2 Å². The van der Waals surface area contributed by atoms with Gasteiger partial charge in [-0.05, 0) is 42.3 Å². The van der Waals surface area contributed by atoms with Crippen LogP contribution >= 0.6 is 12.2 Å². The molecule has 0 aliphatic rings. The number of hydrogen-bond acceptors (Lipinski definition) is 2. The number of aliphatic imine (C=N–C) groups is 1. The van der Waals surface area contributed by atoms with Crippen molar-refractivity contribution < 1.29 is 0 Å². The van der Waals surface area contributed by atoms with E-state index in [0.29, 0.717) is 0 Å². The van der Waals surface area contributed by atoms with E-state index in [1.54, 1.807) is 0 Å². The zero-order valence-corrected chi connectivity index (χ0v) is 10.2. The van der Waals surface area contributed by atoms with Crippen LogP contribution in [-0.4, -0.2) is 5.16 Å². The van der Waals surface area contributed by atoms with Crippen molar-refractivity contribution in [2.75, 3.05) is 0 Å². The van der Waals surface area contributed by atoms with E-state index in [1.807, 2.05) is 6.07 Å². The Labute approximate surface area is 97.2 Å². The molecule has 2 heteroatoms. The lowest BCUT2D eigenvalue weighted by molar-refractivity contribution is 0.861. The average Bonchev–Trinajstić information content (AvgIpc) is 2.23. The molecule has 0 atom stereocenters. The molecule has 0 N–H and O–H groups in total. The number of benzene rings is 1. The first-order chi connectivity index (χ1) is 7.33. The minimum atomic E-state index is 0.998. The maximum absolute atomic E-state index is 4.67. The molecule has 1 nitrogen and oxygen atoms in total. The van der Waals surface area contributed by atoms with Crippen LogP contribution in [0.4, 0.5) is 5.69 Å². The third kappa shape index (κ3) is 3.26. The van der Waals surface area contributed by atoms with Gasteiger partial charge in [0.15, 0.2) is 0 Å². The highest BCUT2D eigenvalue weighted by Crippen LogP contribution is 2.25. The van der Waals surface area contributed by atoms with E-state index in [9.17, 15) is 0 Å². The monoisotopic (exact) mass is 219 g/mol. The molecule has 0 saturated carbocycles. The molecule has 0 saturated heterocycles. The Kier molecular flexibility index (Phi) is 5.23. The molecule has 80 valence electrons. The van der Waals surface area contributed by atoms with Gasteiger partial charge in [-0.1, -0.05) is 38.8 Å². The lowest BCUT2D eigenvalue weighted by atomic mass is 9.98. The summed E-state index contributed by atoms with van der Waals surface area (Å²) in [6.07, 6.45) is 4.50. The van der Waals surface area contributed by atoms with E-state index in [2.05, 4.69) is 48.4 Å². The van der Waals surface area contributed by atoms with Crippen molar-refractivity contribution in [3.63, 3.8) is 0 Å². The molecule has 0 fully saturated rings. The van der Waals surface area contributed by atoms with Crippen LogP contribution in [0.25, 0.3) is 0 Å². The summed E-state index contributed by atoms with van der Waals surface area (Å²) in [6.45, 7) is 4.39. The lowest BCUT2D eigenvalue weighted by Gasteiger charge is -2.09. The third-order valence-corrected chi connectivity index (χ3v) is 2.53. The van der Waals surface area contributed by atoms with E-state index in [1.165, 1.54) is 17.5 Å². The van der Waals surface area contributed by atoms with Crippen LogP contribution in [0, 0.1) is 0 Å². The van der Waals surface area contributed by atoms with Crippen molar-refractivity contribution in [2.45, 2.75) is 39.5 Å². The molecule has 0 bridgehead atoms. The Bertz CT molecular complexity index is 365. The summed E-state index contributed by atoms with van der Waals surface area (Å²) >= 11 is 4.67. The minimum Gasteiger partial charge on any atom is -0.194 e. The van der Waals surface area contributed by atoms with Gasteiger partial charge in [0.1, 0.15) is 0 Å². The molecule has 0 aliphatic carbocycles. The van der Waals surface area contributed by atoms with Crippen LogP contribution in [0.3, 0.4) is 0 Å². The maximum atomic E-state index is 4.67. The first-order valence-electron chi connectivity index (χ1n) is 5.52. The van der Waals surface area contributed by atoms with Gasteiger partial charge in [0.05, 0.1) is 10.8 Å². The van der Waals surface area contributed by atoms with E-state index in [0.717, 1.165) is 24.9 Å². The largest absolute Gasteiger partial charge is 0.194 e. The number of hydrogen-bond donors (Lipinski definition) is 0. The van der Waals surface area contributed by atoms with Gasteiger partial charge in [-0.25, -0.2) is 0 Å². The highest BCUT2D eigenvalue weighted by atomic mass is 32.1. The summed E-state index contributed by atoms with van der Waals surface area (Å²) in [5.41, 5.74) is 3.75. The van der Waals surface area contributed by atoms with Crippen molar-refractivity contribution in [1.82, 2.24) is 0 Å². The normalized spacial score (nSPS) is 9.73. The fraction of sp³-hybridized carbons (Fsp3) is 0.462. The summed E-state index contributed by atoms with van der Waals surface area (Å²) in [7, 11) is 0. The van der Waals surface area contributed by atoms with Crippen LogP contribution in [-0.2, 0) is 12.8 Å². The molecule has 0 heterocycles. The van der Waals surface area contributed by atoms with E-state index >= 15 is 0 Å². The molecule has 0 amide bonds. The molecular formula is C13H17NS. The van der Waals surface area contributed by atoms with Crippen molar-refractivity contribution >= 4 is 23.1 Å². The van der Waals surface area contributed by atoms with Crippen LogP contribution in [0.5, 0.6) is 0 Å². The summed E-state index contributed by atoms with van der Waals surface area (Å²) in [4.78, 5) is 4.13. The van der Waals surface area contributed by atoms with E-state index in [4.69, 9.17) is 0 Å². The molecule has 0 spiro atoms. The zero-order chi connectivity index (χ0) is 11.1. The van der Waals surface area contributed by atoms with Gasteiger partial charge < -0.3 is 0 Å². The standard InChI is InChI=1S/C13H17NS/c1-3-6-11-8-5-9-13(14-10-15)12(11)7-4-2/h5,8-9H,3-4,6-7H2,1-2H3.